The molecule has 0 aliphatic carbocycles. The first-order chi connectivity index (χ1) is 15.3. The van der Waals surface area contributed by atoms with Crippen molar-refractivity contribution in [3.05, 3.63) is 42.2 Å². The summed E-state index contributed by atoms with van der Waals surface area (Å²) in [6.07, 6.45) is 6.06. The Morgan fingerprint density at radius 2 is 2.10 bits per heavy atom. The molecule has 8 nitrogen and oxygen atoms in total. The van der Waals surface area contributed by atoms with Crippen LogP contribution in [0.2, 0.25) is 0 Å². The number of nitrogens with zero attached hydrogens (tertiary/aromatic N) is 3. The summed E-state index contributed by atoms with van der Waals surface area (Å²) in [4.78, 5) is 23.5. The van der Waals surface area contributed by atoms with E-state index in [1.807, 2.05) is 24.3 Å². The molecule has 8 heteroatoms. The third-order valence-corrected chi connectivity index (χ3v) is 5.67. The maximum absolute atomic E-state index is 12.3. The highest BCUT2D eigenvalue weighted by Gasteiger charge is 2.15. The first-order valence-electron chi connectivity index (χ1n) is 11.1. The summed E-state index contributed by atoms with van der Waals surface area (Å²) in [5.74, 6) is 1.32. The molecule has 31 heavy (non-hydrogen) atoms. The summed E-state index contributed by atoms with van der Waals surface area (Å²) in [5, 5.41) is 6.41. The van der Waals surface area contributed by atoms with Gasteiger partial charge in [-0.2, -0.15) is 0 Å². The number of carbonyl (C=O) groups is 1. The minimum Gasteiger partial charge on any atom is -0.489 e. The van der Waals surface area contributed by atoms with E-state index in [1.54, 1.807) is 12.4 Å². The Labute approximate surface area is 183 Å². The molecule has 2 aliphatic rings. The molecule has 1 atom stereocenters. The Balaban J connectivity index is 1.26. The van der Waals surface area contributed by atoms with Crippen LogP contribution in [0.1, 0.15) is 18.4 Å². The summed E-state index contributed by atoms with van der Waals surface area (Å²) >= 11 is 0. The number of benzene rings is 1. The Morgan fingerprint density at radius 3 is 2.87 bits per heavy atom. The number of ether oxygens (including phenoxy) is 2. The lowest BCUT2D eigenvalue weighted by Crippen LogP contribution is -2.38. The second-order valence-electron chi connectivity index (χ2n) is 8.02. The second-order valence-corrected chi connectivity index (χ2v) is 8.02. The van der Waals surface area contributed by atoms with E-state index in [-0.39, 0.29) is 5.91 Å². The molecule has 4 rings (SSSR count). The van der Waals surface area contributed by atoms with Crippen LogP contribution in [0, 0.1) is 0 Å². The molecule has 2 saturated heterocycles. The predicted octanol–water partition coefficient (Wildman–Crippen LogP) is 1.27. The first kappa shape index (κ1) is 21.7. The van der Waals surface area contributed by atoms with Crippen LogP contribution in [0.4, 0.5) is 0 Å². The van der Waals surface area contributed by atoms with Crippen molar-refractivity contribution in [1.82, 2.24) is 25.5 Å². The first-order valence-corrected chi connectivity index (χ1v) is 11.1. The van der Waals surface area contributed by atoms with Crippen LogP contribution < -0.4 is 15.4 Å². The summed E-state index contributed by atoms with van der Waals surface area (Å²) < 4.78 is 11.1. The van der Waals surface area contributed by atoms with E-state index >= 15 is 0 Å². The van der Waals surface area contributed by atoms with Gasteiger partial charge in [0.05, 0.1) is 32.0 Å². The third-order valence-electron chi connectivity index (χ3n) is 5.67. The van der Waals surface area contributed by atoms with Crippen molar-refractivity contribution in [3.8, 4) is 17.1 Å². The van der Waals surface area contributed by atoms with Gasteiger partial charge in [-0.25, -0.2) is 9.97 Å². The molecule has 2 aliphatic heterocycles. The number of morpholine rings is 1. The second kappa shape index (κ2) is 11.2. The van der Waals surface area contributed by atoms with Crippen molar-refractivity contribution in [2.45, 2.75) is 25.3 Å². The Kier molecular flexibility index (Phi) is 7.81. The van der Waals surface area contributed by atoms with Gasteiger partial charge in [0.1, 0.15) is 6.61 Å². The summed E-state index contributed by atoms with van der Waals surface area (Å²) in [5.41, 5.74) is 1.84. The fourth-order valence-electron chi connectivity index (χ4n) is 3.89. The molecule has 0 radical (unpaired) electrons. The summed E-state index contributed by atoms with van der Waals surface area (Å²) in [6.45, 7) is 6.67. The van der Waals surface area contributed by atoms with Crippen LogP contribution in [0.5, 0.6) is 5.75 Å². The molecule has 166 valence electrons. The van der Waals surface area contributed by atoms with Crippen molar-refractivity contribution < 1.29 is 14.3 Å². The highest BCUT2D eigenvalue weighted by atomic mass is 16.5. The zero-order valence-electron chi connectivity index (χ0n) is 17.9. The lowest BCUT2D eigenvalue weighted by atomic mass is 10.1. The molecule has 2 fully saturated rings. The zero-order valence-corrected chi connectivity index (χ0v) is 17.9. The molecule has 1 aromatic carbocycles. The van der Waals surface area contributed by atoms with E-state index in [4.69, 9.17) is 9.47 Å². The maximum Gasteiger partial charge on any atom is 0.224 e. The fourth-order valence-corrected chi connectivity index (χ4v) is 3.89. The lowest BCUT2D eigenvalue weighted by molar-refractivity contribution is -0.120. The maximum atomic E-state index is 12.3. The van der Waals surface area contributed by atoms with Crippen LogP contribution >= 0.6 is 0 Å². The molecular weight excluding hydrogens is 394 g/mol. The molecule has 0 saturated carbocycles. The van der Waals surface area contributed by atoms with Crippen LogP contribution in [-0.2, 0) is 16.0 Å². The average molecular weight is 426 g/mol. The molecule has 2 aromatic rings. The minimum atomic E-state index is 0.0378. The van der Waals surface area contributed by atoms with Crippen molar-refractivity contribution in [3.63, 3.8) is 0 Å². The SMILES string of the molecule is O=C(Cc1cccc(-c2ncc(OCCN3CCOCC3)cn2)c1)NCC1CCCN1. The van der Waals surface area contributed by atoms with Crippen LogP contribution in [0.25, 0.3) is 11.4 Å². The molecule has 2 N–H and O–H groups in total. The number of hydrogen-bond acceptors (Lipinski definition) is 7. The summed E-state index contributed by atoms with van der Waals surface area (Å²) in [6, 6.07) is 8.23. The van der Waals surface area contributed by atoms with Crippen LogP contribution in [-0.4, -0.2) is 79.4 Å². The van der Waals surface area contributed by atoms with E-state index in [0.29, 0.717) is 37.2 Å². The Bertz CT molecular complexity index is 833. The lowest BCUT2D eigenvalue weighted by Gasteiger charge is -2.26. The highest BCUT2D eigenvalue weighted by Crippen LogP contribution is 2.18. The molecule has 0 bridgehead atoms. The van der Waals surface area contributed by atoms with Gasteiger partial charge < -0.3 is 20.1 Å². The van der Waals surface area contributed by atoms with Gasteiger partial charge in [0.25, 0.3) is 0 Å². The number of rotatable bonds is 9. The number of amides is 1. The van der Waals surface area contributed by atoms with Gasteiger partial charge in [-0.15, -0.1) is 0 Å². The highest BCUT2D eigenvalue weighted by molar-refractivity contribution is 5.79. The summed E-state index contributed by atoms with van der Waals surface area (Å²) in [7, 11) is 0. The number of aromatic nitrogens is 2. The van der Waals surface area contributed by atoms with Crippen LogP contribution in [0.3, 0.4) is 0 Å². The Hall–Kier alpha value is -2.55. The fraction of sp³-hybridized carbons (Fsp3) is 0.522. The largest absolute Gasteiger partial charge is 0.489 e. The van der Waals surface area contributed by atoms with Gasteiger partial charge in [0.15, 0.2) is 11.6 Å². The van der Waals surface area contributed by atoms with Crippen molar-refractivity contribution in [2.24, 2.45) is 0 Å². The number of hydrogen-bond donors (Lipinski definition) is 2. The molecule has 3 heterocycles. The number of carbonyl (C=O) groups excluding carboxylic acids is 1. The molecule has 0 spiro atoms. The van der Waals surface area contributed by atoms with Gasteiger partial charge in [0.2, 0.25) is 5.91 Å². The van der Waals surface area contributed by atoms with E-state index in [1.165, 1.54) is 6.42 Å². The molecule has 1 unspecified atom stereocenters. The monoisotopic (exact) mass is 425 g/mol. The van der Waals surface area contributed by atoms with E-state index in [0.717, 1.165) is 56.9 Å². The van der Waals surface area contributed by atoms with Crippen molar-refractivity contribution in [1.29, 1.82) is 0 Å². The third kappa shape index (κ3) is 6.72. The molecule has 1 amide bonds. The van der Waals surface area contributed by atoms with Gasteiger partial charge in [-0.05, 0) is 31.0 Å². The predicted molar refractivity (Wildman–Crippen MR) is 118 cm³/mol. The van der Waals surface area contributed by atoms with E-state index in [9.17, 15) is 4.79 Å². The van der Waals surface area contributed by atoms with Gasteiger partial charge in [-0.3, -0.25) is 9.69 Å². The standard InChI is InChI=1S/C23H31N5O3/c29-22(25-15-20-5-2-6-24-20)14-18-3-1-4-19(13-18)23-26-16-21(17-27-23)31-12-9-28-7-10-30-11-8-28/h1,3-4,13,16-17,20,24H,2,5-12,14-15H2,(H,25,29). The quantitative estimate of drug-likeness (QED) is 0.625. The molecular formula is C23H31N5O3. The van der Waals surface area contributed by atoms with Crippen molar-refractivity contribution in [2.75, 3.05) is 52.5 Å². The van der Waals surface area contributed by atoms with Gasteiger partial charge >= 0.3 is 0 Å². The van der Waals surface area contributed by atoms with Crippen LogP contribution in [0.15, 0.2) is 36.7 Å². The van der Waals surface area contributed by atoms with Gasteiger partial charge in [0, 0.05) is 37.8 Å². The topological polar surface area (TPSA) is 88.6 Å². The normalized spacial score (nSPS) is 19.3. The minimum absolute atomic E-state index is 0.0378. The van der Waals surface area contributed by atoms with E-state index in [2.05, 4.69) is 25.5 Å². The molecule has 1 aromatic heterocycles. The smallest absolute Gasteiger partial charge is 0.224 e. The van der Waals surface area contributed by atoms with E-state index < -0.39 is 0 Å². The van der Waals surface area contributed by atoms with Crippen molar-refractivity contribution >= 4 is 5.91 Å². The Morgan fingerprint density at radius 1 is 1.26 bits per heavy atom. The average Bonchev–Trinajstić information content (AvgIpc) is 3.33. The zero-order chi connectivity index (χ0) is 21.3. The number of nitrogens with one attached hydrogen (secondary N) is 2. The van der Waals surface area contributed by atoms with Gasteiger partial charge in [-0.1, -0.05) is 18.2 Å².